The second kappa shape index (κ2) is 4.33. The van der Waals surface area contributed by atoms with Crippen molar-refractivity contribution in [3.8, 4) is 0 Å². The van der Waals surface area contributed by atoms with E-state index in [4.69, 9.17) is 5.73 Å². The van der Waals surface area contributed by atoms with Crippen molar-refractivity contribution in [2.75, 3.05) is 0 Å². The molecular formula is C18H29NO. The van der Waals surface area contributed by atoms with Crippen LogP contribution in [0.4, 0.5) is 0 Å². The molecule has 3 fully saturated rings. The van der Waals surface area contributed by atoms with Crippen LogP contribution in [0.5, 0.6) is 0 Å². The third-order valence-corrected chi connectivity index (χ3v) is 7.35. The maximum atomic E-state index is 11.6. The van der Waals surface area contributed by atoms with Crippen LogP contribution < -0.4 is 5.73 Å². The van der Waals surface area contributed by atoms with Gasteiger partial charge in [-0.05, 0) is 74.5 Å². The number of rotatable bonds is 0. The molecule has 4 aliphatic carbocycles. The zero-order chi connectivity index (χ0) is 14.0. The van der Waals surface area contributed by atoms with Crippen molar-refractivity contribution in [2.24, 2.45) is 28.9 Å². The average molecular weight is 275 g/mol. The van der Waals surface area contributed by atoms with Gasteiger partial charge in [-0.3, -0.25) is 0 Å². The lowest BCUT2D eigenvalue weighted by atomic mass is 9.50. The second-order valence-electron chi connectivity index (χ2n) is 8.37. The van der Waals surface area contributed by atoms with E-state index in [0.717, 1.165) is 19.3 Å². The van der Waals surface area contributed by atoms with Gasteiger partial charge in [-0.15, -0.1) is 0 Å². The highest BCUT2D eigenvalue weighted by Gasteiger charge is 2.59. The first-order valence-corrected chi connectivity index (χ1v) is 8.70. The summed E-state index contributed by atoms with van der Waals surface area (Å²) in [6.45, 7) is 2.44. The van der Waals surface area contributed by atoms with Crippen molar-refractivity contribution >= 4 is 0 Å². The van der Waals surface area contributed by atoms with E-state index in [2.05, 4.69) is 13.0 Å². The first-order chi connectivity index (χ1) is 9.53. The molecule has 0 spiro atoms. The Morgan fingerprint density at radius 2 is 2.05 bits per heavy atom. The second-order valence-corrected chi connectivity index (χ2v) is 8.37. The van der Waals surface area contributed by atoms with E-state index in [1.807, 2.05) is 0 Å². The van der Waals surface area contributed by atoms with Crippen molar-refractivity contribution < 1.29 is 5.11 Å². The average Bonchev–Trinajstić information content (AvgIpc) is 2.81. The zero-order valence-electron chi connectivity index (χ0n) is 12.8. The minimum Gasteiger partial charge on any atom is -0.389 e. The van der Waals surface area contributed by atoms with E-state index in [1.54, 1.807) is 5.57 Å². The van der Waals surface area contributed by atoms with Gasteiger partial charge in [0.05, 0.1) is 5.60 Å². The highest BCUT2D eigenvalue weighted by atomic mass is 16.3. The summed E-state index contributed by atoms with van der Waals surface area (Å²) < 4.78 is 0. The van der Waals surface area contributed by atoms with Gasteiger partial charge in [0.15, 0.2) is 0 Å². The van der Waals surface area contributed by atoms with Gasteiger partial charge in [0, 0.05) is 6.04 Å². The van der Waals surface area contributed by atoms with Crippen LogP contribution in [0.3, 0.4) is 0 Å². The Balaban J connectivity index is 1.69. The van der Waals surface area contributed by atoms with Crippen molar-refractivity contribution in [2.45, 2.75) is 76.4 Å². The SMILES string of the molecule is C[C@@]12CCC[C@H]1C1(O)CC=C3C[C@@H](N)CC[C@@H]3[C@H]1CC2. The van der Waals surface area contributed by atoms with E-state index in [9.17, 15) is 5.11 Å². The summed E-state index contributed by atoms with van der Waals surface area (Å²) in [5.74, 6) is 1.70. The van der Waals surface area contributed by atoms with E-state index < -0.39 is 5.60 Å². The monoisotopic (exact) mass is 275 g/mol. The topological polar surface area (TPSA) is 46.2 Å². The quantitative estimate of drug-likeness (QED) is 0.666. The molecule has 3 N–H and O–H groups in total. The number of hydrogen-bond acceptors (Lipinski definition) is 2. The molecule has 0 heterocycles. The van der Waals surface area contributed by atoms with Crippen LogP contribution in [0.2, 0.25) is 0 Å². The number of nitrogens with two attached hydrogens (primary N) is 1. The normalized spacial score (nSPS) is 54.6. The van der Waals surface area contributed by atoms with Gasteiger partial charge in [0.25, 0.3) is 0 Å². The van der Waals surface area contributed by atoms with Crippen molar-refractivity contribution in [1.82, 2.24) is 0 Å². The van der Waals surface area contributed by atoms with Crippen LogP contribution in [0, 0.1) is 23.2 Å². The number of aliphatic hydroxyl groups is 1. The van der Waals surface area contributed by atoms with Crippen molar-refractivity contribution in [1.29, 1.82) is 0 Å². The molecule has 0 aromatic rings. The van der Waals surface area contributed by atoms with Gasteiger partial charge in [-0.25, -0.2) is 0 Å². The lowest BCUT2D eigenvalue weighted by Gasteiger charge is -2.57. The largest absolute Gasteiger partial charge is 0.389 e. The summed E-state index contributed by atoms with van der Waals surface area (Å²) in [5.41, 5.74) is 7.74. The predicted molar refractivity (Wildman–Crippen MR) is 81.1 cm³/mol. The maximum absolute atomic E-state index is 11.6. The predicted octanol–water partition coefficient (Wildman–Crippen LogP) is 3.39. The van der Waals surface area contributed by atoms with Crippen LogP contribution in [0.25, 0.3) is 0 Å². The Morgan fingerprint density at radius 3 is 2.90 bits per heavy atom. The molecule has 0 aliphatic heterocycles. The number of hydrogen-bond donors (Lipinski definition) is 2. The summed E-state index contributed by atoms with van der Waals surface area (Å²) in [7, 11) is 0. The van der Waals surface area contributed by atoms with Crippen molar-refractivity contribution in [3.05, 3.63) is 11.6 Å². The summed E-state index contributed by atoms with van der Waals surface area (Å²) in [6, 6.07) is 0.365. The lowest BCUT2D eigenvalue weighted by Crippen LogP contribution is -2.57. The van der Waals surface area contributed by atoms with Crippen LogP contribution in [-0.4, -0.2) is 16.7 Å². The van der Waals surface area contributed by atoms with Gasteiger partial charge >= 0.3 is 0 Å². The first-order valence-electron chi connectivity index (χ1n) is 8.70. The molecular weight excluding hydrogens is 246 g/mol. The Bertz CT molecular complexity index is 445. The van der Waals surface area contributed by atoms with E-state index in [-0.39, 0.29) is 0 Å². The Kier molecular flexibility index (Phi) is 2.89. The van der Waals surface area contributed by atoms with Crippen molar-refractivity contribution in [3.63, 3.8) is 0 Å². The molecule has 1 unspecified atom stereocenters. The zero-order valence-corrected chi connectivity index (χ0v) is 12.8. The fraction of sp³-hybridized carbons (Fsp3) is 0.889. The summed E-state index contributed by atoms with van der Waals surface area (Å²) >= 11 is 0. The summed E-state index contributed by atoms with van der Waals surface area (Å²) in [6.07, 6.45) is 13.2. The van der Waals surface area contributed by atoms with E-state index in [0.29, 0.717) is 29.2 Å². The molecule has 2 nitrogen and oxygen atoms in total. The Labute approximate surface area is 122 Å². The molecule has 112 valence electrons. The summed E-state index contributed by atoms with van der Waals surface area (Å²) in [4.78, 5) is 0. The minimum atomic E-state index is -0.404. The molecule has 0 aromatic carbocycles. The van der Waals surface area contributed by atoms with Gasteiger partial charge in [-0.2, -0.15) is 0 Å². The fourth-order valence-electron chi connectivity index (χ4n) is 6.35. The standard InChI is InChI=1S/C18H29NO/c1-17-8-2-3-16(17)18(20)10-6-12-11-13(19)4-5-14(12)15(18)7-9-17/h6,13-16,20H,2-5,7-11,19H2,1H3/t13-,14-,15+,16+,17-,18?/m0/s1. The Hall–Kier alpha value is -0.340. The lowest BCUT2D eigenvalue weighted by molar-refractivity contribution is -0.152. The molecule has 0 aromatic heterocycles. The highest BCUT2D eigenvalue weighted by molar-refractivity contribution is 5.24. The van der Waals surface area contributed by atoms with Crippen LogP contribution >= 0.6 is 0 Å². The molecule has 4 rings (SSSR count). The summed E-state index contributed by atoms with van der Waals surface area (Å²) in [5, 5.41) is 11.6. The van der Waals surface area contributed by atoms with Gasteiger partial charge in [-0.1, -0.05) is 25.0 Å². The molecule has 0 radical (unpaired) electrons. The molecule has 0 bridgehead atoms. The third kappa shape index (κ3) is 1.70. The minimum absolute atomic E-state index is 0.365. The Morgan fingerprint density at radius 1 is 1.20 bits per heavy atom. The number of fused-ring (bicyclic) bond motifs is 5. The molecule has 3 saturated carbocycles. The molecule has 4 aliphatic rings. The van der Waals surface area contributed by atoms with Crippen LogP contribution in [0.1, 0.15) is 64.7 Å². The van der Waals surface area contributed by atoms with E-state index in [1.165, 1.54) is 38.5 Å². The molecule has 20 heavy (non-hydrogen) atoms. The van der Waals surface area contributed by atoms with Gasteiger partial charge in [0.1, 0.15) is 0 Å². The maximum Gasteiger partial charge on any atom is 0.0749 e. The first kappa shape index (κ1) is 13.3. The highest BCUT2D eigenvalue weighted by Crippen LogP contribution is 2.62. The van der Waals surface area contributed by atoms with E-state index >= 15 is 0 Å². The molecule has 0 saturated heterocycles. The van der Waals surface area contributed by atoms with Gasteiger partial charge < -0.3 is 10.8 Å². The fourth-order valence-corrected chi connectivity index (χ4v) is 6.35. The van der Waals surface area contributed by atoms with Crippen LogP contribution in [0.15, 0.2) is 11.6 Å². The molecule has 6 atom stereocenters. The smallest absolute Gasteiger partial charge is 0.0749 e. The third-order valence-electron chi connectivity index (χ3n) is 7.35. The van der Waals surface area contributed by atoms with Gasteiger partial charge in [0.2, 0.25) is 0 Å². The molecule has 2 heteroatoms. The molecule has 0 amide bonds. The van der Waals surface area contributed by atoms with Crippen LogP contribution in [-0.2, 0) is 0 Å².